The molecular weight excluding hydrogens is 222 g/mol. The maximum atomic E-state index is 6.08. The van der Waals surface area contributed by atoms with Crippen LogP contribution in [0.4, 0.5) is 0 Å². The molecule has 0 aliphatic carbocycles. The van der Waals surface area contributed by atoms with Gasteiger partial charge in [0.1, 0.15) is 12.4 Å². The molecule has 0 bridgehead atoms. The van der Waals surface area contributed by atoms with Gasteiger partial charge in [-0.2, -0.15) is 0 Å². The number of nitrogens with two attached hydrogens (primary N) is 1. The van der Waals surface area contributed by atoms with Gasteiger partial charge in [-0.1, -0.05) is 55.5 Å². The number of rotatable bonds is 5. The molecule has 0 aromatic heterocycles. The molecule has 2 heteroatoms. The largest absolute Gasteiger partial charge is 0.489 e. The SMILES string of the molecule is CCC(N)c1ccccc1OCc1ccccc1. The molecule has 2 nitrogen and oxygen atoms in total. The van der Waals surface area contributed by atoms with Crippen LogP contribution in [0.25, 0.3) is 0 Å². The molecule has 1 unspecified atom stereocenters. The summed E-state index contributed by atoms with van der Waals surface area (Å²) in [5, 5.41) is 0. The molecule has 0 aliphatic rings. The Morgan fingerprint density at radius 2 is 1.67 bits per heavy atom. The Morgan fingerprint density at radius 3 is 2.39 bits per heavy atom. The van der Waals surface area contributed by atoms with Crippen molar-refractivity contribution >= 4 is 0 Å². The van der Waals surface area contributed by atoms with Crippen molar-refractivity contribution in [2.45, 2.75) is 26.0 Å². The van der Waals surface area contributed by atoms with E-state index in [1.807, 2.05) is 42.5 Å². The Kier molecular flexibility index (Phi) is 4.37. The molecular formula is C16H19NO. The van der Waals surface area contributed by atoms with Gasteiger partial charge in [0.2, 0.25) is 0 Å². The highest BCUT2D eigenvalue weighted by atomic mass is 16.5. The molecule has 0 amide bonds. The van der Waals surface area contributed by atoms with E-state index in [-0.39, 0.29) is 6.04 Å². The average Bonchev–Trinajstić information content (AvgIpc) is 2.45. The fourth-order valence-corrected chi connectivity index (χ4v) is 1.87. The van der Waals surface area contributed by atoms with Gasteiger partial charge in [0.05, 0.1) is 0 Å². The zero-order valence-electron chi connectivity index (χ0n) is 10.7. The van der Waals surface area contributed by atoms with E-state index in [4.69, 9.17) is 10.5 Å². The number of benzene rings is 2. The first-order valence-electron chi connectivity index (χ1n) is 6.32. The van der Waals surface area contributed by atoms with Gasteiger partial charge in [0.15, 0.2) is 0 Å². The Hall–Kier alpha value is -1.80. The van der Waals surface area contributed by atoms with E-state index in [9.17, 15) is 0 Å². The summed E-state index contributed by atoms with van der Waals surface area (Å²) in [7, 11) is 0. The molecule has 0 saturated carbocycles. The molecule has 2 N–H and O–H groups in total. The first-order chi connectivity index (χ1) is 8.81. The van der Waals surface area contributed by atoms with Crippen molar-refractivity contribution in [2.75, 3.05) is 0 Å². The molecule has 0 saturated heterocycles. The van der Waals surface area contributed by atoms with Crippen molar-refractivity contribution < 1.29 is 4.74 Å². The summed E-state index contributed by atoms with van der Waals surface area (Å²) in [4.78, 5) is 0. The lowest BCUT2D eigenvalue weighted by atomic mass is 10.0. The quantitative estimate of drug-likeness (QED) is 0.866. The van der Waals surface area contributed by atoms with E-state index >= 15 is 0 Å². The second kappa shape index (κ2) is 6.22. The Labute approximate surface area is 108 Å². The predicted octanol–water partition coefficient (Wildman–Crippen LogP) is 3.68. The Balaban J connectivity index is 2.10. The van der Waals surface area contributed by atoms with Crippen LogP contribution in [-0.2, 0) is 6.61 Å². The highest BCUT2D eigenvalue weighted by Crippen LogP contribution is 2.26. The minimum absolute atomic E-state index is 0.0389. The lowest BCUT2D eigenvalue weighted by Gasteiger charge is -2.15. The fourth-order valence-electron chi connectivity index (χ4n) is 1.87. The van der Waals surface area contributed by atoms with Crippen LogP contribution in [0, 0.1) is 0 Å². The van der Waals surface area contributed by atoms with Gasteiger partial charge in [-0.25, -0.2) is 0 Å². The first kappa shape index (κ1) is 12.7. The summed E-state index contributed by atoms with van der Waals surface area (Å²) < 4.78 is 5.87. The van der Waals surface area contributed by atoms with E-state index in [2.05, 4.69) is 19.1 Å². The van der Waals surface area contributed by atoms with Crippen molar-refractivity contribution in [3.05, 3.63) is 65.7 Å². The topological polar surface area (TPSA) is 35.2 Å². The minimum atomic E-state index is 0.0389. The van der Waals surface area contributed by atoms with Gasteiger partial charge in [0, 0.05) is 11.6 Å². The van der Waals surface area contributed by atoms with Gasteiger partial charge in [0.25, 0.3) is 0 Å². The number of ether oxygens (including phenoxy) is 1. The molecule has 2 aromatic carbocycles. The number of hydrogen-bond acceptors (Lipinski definition) is 2. The van der Waals surface area contributed by atoms with Gasteiger partial charge < -0.3 is 10.5 Å². The van der Waals surface area contributed by atoms with Crippen LogP contribution in [0.15, 0.2) is 54.6 Å². The molecule has 0 spiro atoms. The van der Waals surface area contributed by atoms with E-state index in [0.717, 1.165) is 23.3 Å². The first-order valence-corrected chi connectivity index (χ1v) is 6.32. The summed E-state index contributed by atoms with van der Waals surface area (Å²) in [6.45, 7) is 2.66. The number of para-hydroxylation sites is 1. The van der Waals surface area contributed by atoms with Crippen molar-refractivity contribution in [1.29, 1.82) is 0 Å². The zero-order valence-corrected chi connectivity index (χ0v) is 10.7. The number of hydrogen-bond donors (Lipinski definition) is 1. The van der Waals surface area contributed by atoms with E-state index < -0.39 is 0 Å². The highest BCUT2D eigenvalue weighted by Gasteiger charge is 2.09. The predicted molar refractivity (Wildman–Crippen MR) is 74.4 cm³/mol. The van der Waals surface area contributed by atoms with Crippen LogP contribution in [0.3, 0.4) is 0 Å². The van der Waals surface area contributed by atoms with E-state index in [0.29, 0.717) is 6.61 Å². The summed E-state index contributed by atoms with van der Waals surface area (Å²) in [5.74, 6) is 0.885. The summed E-state index contributed by atoms with van der Waals surface area (Å²) >= 11 is 0. The molecule has 94 valence electrons. The van der Waals surface area contributed by atoms with Crippen LogP contribution in [0.1, 0.15) is 30.5 Å². The lowest BCUT2D eigenvalue weighted by Crippen LogP contribution is -2.10. The van der Waals surface area contributed by atoms with E-state index in [1.165, 1.54) is 0 Å². The van der Waals surface area contributed by atoms with Gasteiger partial charge >= 0.3 is 0 Å². The third-order valence-electron chi connectivity index (χ3n) is 3.00. The monoisotopic (exact) mass is 241 g/mol. The second-order valence-electron chi connectivity index (χ2n) is 4.33. The molecule has 2 rings (SSSR count). The molecule has 0 radical (unpaired) electrons. The van der Waals surface area contributed by atoms with Gasteiger partial charge in [-0.05, 0) is 18.1 Å². The third kappa shape index (κ3) is 3.11. The van der Waals surface area contributed by atoms with Crippen molar-refractivity contribution in [3.8, 4) is 5.75 Å². The van der Waals surface area contributed by atoms with Gasteiger partial charge in [-0.15, -0.1) is 0 Å². The smallest absolute Gasteiger partial charge is 0.124 e. The molecule has 2 aromatic rings. The molecule has 0 fully saturated rings. The van der Waals surface area contributed by atoms with E-state index in [1.54, 1.807) is 0 Å². The highest BCUT2D eigenvalue weighted by molar-refractivity contribution is 5.35. The second-order valence-corrected chi connectivity index (χ2v) is 4.33. The Morgan fingerprint density at radius 1 is 1.00 bits per heavy atom. The van der Waals surface area contributed by atoms with Crippen molar-refractivity contribution in [1.82, 2.24) is 0 Å². The van der Waals surface area contributed by atoms with Crippen LogP contribution < -0.4 is 10.5 Å². The standard InChI is InChI=1S/C16H19NO/c1-2-15(17)14-10-6-7-11-16(14)18-12-13-8-4-3-5-9-13/h3-11,15H,2,12,17H2,1H3. The van der Waals surface area contributed by atoms with Crippen LogP contribution in [-0.4, -0.2) is 0 Å². The maximum Gasteiger partial charge on any atom is 0.124 e. The van der Waals surface area contributed by atoms with Crippen molar-refractivity contribution in [3.63, 3.8) is 0 Å². The fraction of sp³-hybridized carbons (Fsp3) is 0.250. The van der Waals surface area contributed by atoms with Gasteiger partial charge in [-0.3, -0.25) is 0 Å². The molecule has 0 aliphatic heterocycles. The third-order valence-corrected chi connectivity index (χ3v) is 3.00. The summed E-state index contributed by atoms with van der Waals surface area (Å²) in [5.41, 5.74) is 8.33. The summed E-state index contributed by atoms with van der Waals surface area (Å²) in [6.07, 6.45) is 0.908. The van der Waals surface area contributed by atoms with Crippen LogP contribution in [0.5, 0.6) is 5.75 Å². The lowest BCUT2D eigenvalue weighted by molar-refractivity contribution is 0.300. The van der Waals surface area contributed by atoms with Crippen LogP contribution in [0.2, 0.25) is 0 Å². The molecule has 18 heavy (non-hydrogen) atoms. The molecule has 0 heterocycles. The summed E-state index contributed by atoms with van der Waals surface area (Å²) in [6, 6.07) is 18.2. The molecule has 1 atom stereocenters. The zero-order chi connectivity index (χ0) is 12.8. The minimum Gasteiger partial charge on any atom is -0.489 e. The van der Waals surface area contributed by atoms with Crippen LogP contribution >= 0.6 is 0 Å². The maximum absolute atomic E-state index is 6.08. The van der Waals surface area contributed by atoms with Crippen molar-refractivity contribution in [2.24, 2.45) is 5.73 Å². The Bertz CT molecular complexity index is 481. The normalized spacial score (nSPS) is 12.1. The average molecular weight is 241 g/mol.